The Bertz CT molecular complexity index is 418. The summed E-state index contributed by atoms with van der Waals surface area (Å²) in [7, 11) is 6.41. The molecule has 0 amide bonds. The van der Waals surface area contributed by atoms with Gasteiger partial charge in [-0.3, -0.25) is 4.68 Å². The van der Waals surface area contributed by atoms with Crippen LogP contribution in [-0.4, -0.2) is 46.1 Å². The molecule has 1 aromatic heterocycles. The number of aromatic nitrogens is 3. The molecule has 0 aliphatic heterocycles. The molecular formula is C15H29N5. The second kappa shape index (κ2) is 6.22. The Kier molecular flexibility index (Phi) is 4.81. The van der Waals surface area contributed by atoms with Gasteiger partial charge in [-0.15, -0.1) is 5.10 Å². The van der Waals surface area contributed by atoms with E-state index in [1.807, 2.05) is 17.9 Å². The molecule has 1 saturated carbocycles. The van der Waals surface area contributed by atoms with E-state index in [-0.39, 0.29) is 11.6 Å². The minimum atomic E-state index is 0.165. The van der Waals surface area contributed by atoms with Crippen LogP contribution in [0.15, 0.2) is 6.20 Å². The number of nitrogens with one attached hydrogen (secondary N) is 1. The molecule has 1 unspecified atom stereocenters. The number of nitrogens with zero attached hydrogens (tertiary/aromatic N) is 4. The van der Waals surface area contributed by atoms with Crippen LogP contribution in [0.3, 0.4) is 0 Å². The van der Waals surface area contributed by atoms with Crippen LogP contribution >= 0.6 is 0 Å². The molecule has 1 aliphatic carbocycles. The van der Waals surface area contributed by atoms with E-state index in [0.29, 0.717) is 0 Å². The summed E-state index contributed by atoms with van der Waals surface area (Å²) in [4.78, 5) is 2.42. The maximum Gasteiger partial charge on any atom is 0.0772 e. The third-order valence-electron chi connectivity index (χ3n) is 5.02. The summed E-state index contributed by atoms with van der Waals surface area (Å²) < 4.78 is 1.91. The maximum atomic E-state index is 4.13. The van der Waals surface area contributed by atoms with Crippen LogP contribution in [0.4, 0.5) is 0 Å². The van der Waals surface area contributed by atoms with Crippen LogP contribution in [0.25, 0.3) is 0 Å². The first kappa shape index (κ1) is 15.4. The molecule has 114 valence electrons. The summed E-state index contributed by atoms with van der Waals surface area (Å²) in [5.41, 5.74) is 1.35. The third-order valence-corrected chi connectivity index (χ3v) is 5.02. The summed E-state index contributed by atoms with van der Waals surface area (Å²) in [5, 5.41) is 11.9. The SMILES string of the molecule is CCNC(c1cnnn1C)C1(N(C)C)CCC(C)CC1. The lowest BCUT2D eigenvalue weighted by atomic mass is 9.71. The highest BCUT2D eigenvalue weighted by Gasteiger charge is 2.44. The maximum absolute atomic E-state index is 4.13. The topological polar surface area (TPSA) is 46.0 Å². The van der Waals surface area contributed by atoms with Crippen molar-refractivity contribution in [3.05, 3.63) is 11.9 Å². The van der Waals surface area contributed by atoms with Gasteiger partial charge in [0, 0.05) is 12.6 Å². The van der Waals surface area contributed by atoms with Gasteiger partial charge in [-0.1, -0.05) is 19.1 Å². The fourth-order valence-electron chi connectivity index (χ4n) is 3.59. The Balaban J connectivity index is 2.36. The van der Waals surface area contributed by atoms with Gasteiger partial charge in [0.15, 0.2) is 0 Å². The van der Waals surface area contributed by atoms with Crippen LogP contribution in [0.2, 0.25) is 0 Å². The Morgan fingerprint density at radius 1 is 1.45 bits per heavy atom. The van der Waals surface area contributed by atoms with Crippen molar-refractivity contribution in [3.63, 3.8) is 0 Å². The van der Waals surface area contributed by atoms with Gasteiger partial charge in [0.1, 0.15) is 0 Å². The monoisotopic (exact) mass is 279 g/mol. The van der Waals surface area contributed by atoms with Gasteiger partial charge >= 0.3 is 0 Å². The molecule has 0 radical (unpaired) electrons. The Hall–Kier alpha value is -0.940. The van der Waals surface area contributed by atoms with Crippen molar-refractivity contribution in [2.75, 3.05) is 20.6 Å². The molecule has 1 fully saturated rings. The number of hydrogen-bond donors (Lipinski definition) is 1. The summed E-state index contributed by atoms with van der Waals surface area (Å²) in [6.07, 6.45) is 6.96. The van der Waals surface area contributed by atoms with E-state index >= 15 is 0 Å². The zero-order valence-corrected chi connectivity index (χ0v) is 13.6. The zero-order chi connectivity index (χ0) is 14.8. The van der Waals surface area contributed by atoms with E-state index < -0.39 is 0 Å². The largest absolute Gasteiger partial charge is 0.307 e. The molecular weight excluding hydrogens is 250 g/mol. The number of likely N-dealkylation sites (N-methyl/N-ethyl adjacent to an activating group) is 2. The number of rotatable bonds is 5. The summed E-state index contributed by atoms with van der Waals surface area (Å²) in [6, 6.07) is 0.287. The fourth-order valence-corrected chi connectivity index (χ4v) is 3.59. The molecule has 1 aromatic rings. The number of aryl methyl sites for hydroxylation is 1. The van der Waals surface area contributed by atoms with Crippen molar-refractivity contribution in [2.24, 2.45) is 13.0 Å². The second-order valence-electron chi connectivity index (χ2n) is 6.45. The standard InChI is InChI=1S/C15H29N5/c1-6-16-14(13-11-17-18-20(13)5)15(19(3)4)9-7-12(2)8-10-15/h11-12,14,16H,6-10H2,1-5H3. The van der Waals surface area contributed by atoms with E-state index in [1.165, 1.54) is 31.4 Å². The first-order chi connectivity index (χ1) is 9.51. The van der Waals surface area contributed by atoms with Crippen LogP contribution in [0, 0.1) is 5.92 Å². The Labute approximate surface area is 122 Å². The van der Waals surface area contributed by atoms with Crippen molar-refractivity contribution in [1.82, 2.24) is 25.2 Å². The second-order valence-corrected chi connectivity index (χ2v) is 6.45. The van der Waals surface area contributed by atoms with Gasteiger partial charge in [0.25, 0.3) is 0 Å². The summed E-state index contributed by atoms with van der Waals surface area (Å²) >= 11 is 0. The van der Waals surface area contributed by atoms with E-state index in [9.17, 15) is 0 Å². The summed E-state index contributed by atoms with van der Waals surface area (Å²) in [6.45, 7) is 5.50. The Morgan fingerprint density at radius 2 is 2.10 bits per heavy atom. The lowest BCUT2D eigenvalue weighted by Crippen LogP contribution is -2.56. The van der Waals surface area contributed by atoms with Gasteiger partial charge in [-0.05, 0) is 52.2 Å². The predicted octanol–water partition coefficient (Wildman–Crippen LogP) is 1.98. The molecule has 2 rings (SSSR count). The zero-order valence-electron chi connectivity index (χ0n) is 13.6. The van der Waals surface area contributed by atoms with Gasteiger partial charge in [-0.25, -0.2) is 0 Å². The minimum absolute atomic E-state index is 0.165. The van der Waals surface area contributed by atoms with Gasteiger partial charge in [0.2, 0.25) is 0 Å². The van der Waals surface area contributed by atoms with Crippen LogP contribution in [0.1, 0.15) is 51.3 Å². The Morgan fingerprint density at radius 3 is 2.55 bits per heavy atom. The van der Waals surface area contributed by atoms with Crippen molar-refractivity contribution in [3.8, 4) is 0 Å². The third kappa shape index (κ3) is 2.74. The average Bonchev–Trinajstić information content (AvgIpc) is 2.83. The molecule has 1 atom stereocenters. The molecule has 1 heterocycles. The smallest absolute Gasteiger partial charge is 0.0772 e. The van der Waals surface area contributed by atoms with Crippen LogP contribution in [-0.2, 0) is 7.05 Å². The van der Waals surface area contributed by atoms with E-state index in [0.717, 1.165) is 12.5 Å². The molecule has 1 N–H and O–H groups in total. The molecule has 0 saturated heterocycles. The van der Waals surface area contributed by atoms with Gasteiger partial charge in [-0.2, -0.15) is 0 Å². The first-order valence-electron chi connectivity index (χ1n) is 7.76. The molecule has 5 heteroatoms. The van der Waals surface area contributed by atoms with E-state index in [2.05, 4.69) is 48.5 Å². The van der Waals surface area contributed by atoms with E-state index in [4.69, 9.17) is 0 Å². The van der Waals surface area contributed by atoms with Crippen molar-refractivity contribution in [1.29, 1.82) is 0 Å². The average molecular weight is 279 g/mol. The lowest BCUT2D eigenvalue weighted by molar-refractivity contribution is 0.0406. The van der Waals surface area contributed by atoms with Gasteiger partial charge in [0.05, 0.1) is 17.9 Å². The quantitative estimate of drug-likeness (QED) is 0.895. The molecule has 1 aliphatic rings. The fraction of sp³-hybridized carbons (Fsp3) is 0.867. The van der Waals surface area contributed by atoms with Crippen molar-refractivity contribution in [2.45, 2.75) is 51.1 Å². The molecule has 0 bridgehead atoms. The molecule has 0 aromatic carbocycles. The highest BCUT2D eigenvalue weighted by atomic mass is 15.4. The molecule has 0 spiro atoms. The lowest BCUT2D eigenvalue weighted by Gasteiger charge is -2.49. The van der Waals surface area contributed by atoms with Crippen molar-refractivity contribution >= 4 is 0 Å². The van der Waals surface area contributed by atoms with E-state index in [1.54, 1.807) is 0 Å². The van der Waals surface area contributed by atoms with Crippen LogP contribution < -0.4 is 5.32 Å². The van der Waals surface area contributed by atoms with Crippen LogP contribution in [0.5, 0.6) is 0 Å². The highest BCUT2D eigenvalue weighted by Crippen LogP contribution is 2.43. The molecule has 5 nitrogen and oxygen atoms in total. The molecule has 20 heavy (non-hydrogen) atoms. The van der Waals surface area contributed by atoms with Gasteiger partial charge < -0.3 is 10.2 Å². The summed E-state index contributed by atoms with van der Waals surface area (Å²) in [5.74, 6) is 0.843. The minimum Gasteiger partial charge on any atom is -0.307 e. The number of hydrogen-bond acceptors (Lipinski definition) is 4. The predicted molar refractivity (Wildman–Crippen MR) is 81.5 cm³/mol. The van der Waals surface area contributed by atoms with Crippen molar-refractivity contribution < 1.29 is 0 Å². The normalized spacial score (nSPS) is 28.8. The highest BCUT2D eigenvalue weighted by molar-refractivity contribution is 5.14. The first-order valence-corrected chi connectivity index (χ1v) is 7.76.